The largest absolute Gasteiger partial charge is 0.332 e. The molecule has 0 radical (unpaired) electrons. The predicted octanol–water partition coefficient (Wildman–Crippen LogP) is 1.58. The van der Waals surface area contributed by atoms with Crippen LogP contribution in [0.25, 0.3) is 22.6 Å². The molecule has 0 saturated heterocycles. The Bertz CT molecular complexity index is 936. The van der Waals surface area contributed by atoms with Crippen LogP contribution in [0.3, 0.4) is 0 Å². The molecule has 102 valence electrons. The molecule has 0 bridgehead atoms. The summed E-state index contributed by atoms with van der Waals surface area (Å²) in [5.74, 6) is 0.529. The van der Waals surface area contributed by atoms with Crippen LogP contribution in [0, 0.1) is 6.92 Å². The van der Waals surface area contributed by atoms with E-state index < -0.39 is 11.2 Å². The molecular formula is C13H11ClN4O2. The molecule has 2 heterocycles. The lowest BCUT2D eigenvalue weighted by atomic mass is 10.1. The molecule has 1 aromatic carbocycles. The normalized spacial score (nSPS) is 11.2. The second-order valence-electron chi connectivity index (χ2n) is 4.56. The Hall–Kier alpha value is -2.34. The maximum atomic E-state index is 11.8. The van der Waals surface area contributed by atoms with E-state index in [0.29, 0.717) is 16.5 Å². The molecule has 2 N–H and O–H groups in total. The minimum Gasteiger partial charge on any atom is -0.332 e. The highest BCUT2D eigenvalue weighted by molar-refractivity contribution is 6.30. The van der Waals surface area contributed by atoms with Gasteiger partial charge < -0.3 is 4.98 Å². The number of aromatic nitrogens is 4. The topological polar surface area (TPSA) is 83.5 Å². The molecule has 3 aromatic rings. The fourth-order valence-electron chi connectivity index (χ4n) is 2.13. The number of H-pyrrole nitrogens is 2. The van der Waals surface area contributed by atoms with Crippen LogP contribution in [0.1, 0.15) is 5.56 Å². The summed E-state index contributed by atoms with van der Waals surface area (Å²) in [7, 11) is 1.56. The van der Waals surface area contributed by atoms with Gasteiger partial charge in [0.15, 0.2) is 5.65 Å². The first-order chi connectivity index (χ1) is 9.47. The van der Waals surface area contributed by atoms with Gasteiger partial charge in [-0.2, -0.15) is 0 Å². The minimum absolute atomic E-state index is 0.274. The molecule has 0 unspecified atom stereocenters. The van der Waals surface area contributed by atoms with E-state index in [1.807, 2.05) is 19.1 Å². The third kappa shape index (κ3) is 1.85. The Kier molecular flexibility index (Phi) is 2.76. The van der Waals surface area contributed by atoms with Gasteiger partial charge in [0, 0.05) is 17.6 Å². The molecule has 6 nitrogen and oxygen atoms in total. The summed E-state index contributed by atoms with van der Waals surface area (Å²) in [6.07, 6.45) is 0. The molecule has 2 aromatic heterocycles. The maximum absolute atomic E-state index is 11.8. The van der Waals surface area contributed by atoms with E-state index in [-0.39, 0.29) is 5.52 Å². The van der Waals surface area contributed by atoms with E-state index in [1.54, 1.807) is 13.1 Å². The van der Waals surface area contributed by atoms with E-state index >= 15 is 0 Å². The number of nitrogens with one attached hydrogen (secondary N) is 2. The zero-order valence-electron chi connectivity index (χ0n) is 10.8. The average molecular weight is 291 g/mol. The smallest absolute Gasteiger partial charge is 0.329 e. The van der Waals surface area contributed by atoms with Crippen molar-refractivity contribution in [3.63, 3.8) is 0 Å². The summed E-state index contributed by atoms with van der Waals surface area (Å²) in [4.78, 5) is 32.8. The standard InChI is InChI=1S/C13H11ClN4O2/c1-6-5-7(14)3-4-8(6)10-15-9-11(16-10)18(2)13(20)17-12(9)19/h3-5H,1-2H3,(H,15,16)(H,17,19,20). The van der Waals surface area contributed by atoms with Crippen molar-refractivity contribution >= 4 is 22.8 Å². The van der Waals surface area contributed by atoms with Crippen molar-refractivity contribution in [1.29, 1.82) is 0 Å². The fraction of sp³-hybridized carbons (Fsp3) is 0.154. The summed E-state index contributed by atoms with van der Waals surface area (Å²) in [5.41, 5.74) is 1.39. The summed E-state index contributed by atoms with van der Waals surface area (Å²) in [6.45, 7) is 1.90. The highest BCUT2D eigenvalue weighted by Crippen LogP contribution is 2.24. The Morgan fingerprint density at radius 3 is 2.70 bits per heavy atom. The minimum atomic E-state index is -0.492. The highest BCUT2D eigenvalue weighted by Gasteiger charge is 2.13. The van der Waals surface area contributed by atoms with Crippen LogP contribution in [-0.2, 0) is 7.05 Å². The third-order valence-corrected chi connectivity index (χ3v) is 3.43. The van der Waals surface area contributed by atoms with Gasteiger partial charge in [0.25, 0.3) is 5.56 Å². The number of rotatable bonds is 1. The van der Waals surface area contributed by atoms with Gasteiger partial charge in [-0.05, 0) is 30.7 Å². The van der Waals surface area contributed by atoms with Crippen molar-refractivity contribution < 1.29 is 0 Å². The lowest BCUT2D eigenvalue weighted by molar-refractivity contribution is 0.832. The Labute approximate surface area is 118 Å². The molecular weight excluding hydrogens is 280 g/mol. The predicted molar refractivity (Wildman–Crippen MR) is 77.1 cm³/mol. The molecule has 0 aliphatic heterocycles. The molecule has 3 rings (SSSR count). The van der Waals surface area contributed by atoms with Gasteiger partial charge in [0.05, 0.1) is 0 Å². The van der Waals surface area contributed by atoms with Crippen molar-refractivity contribution in [1.82, 2.24) is 19.5 Å². The molecule has 0 spiro atoms. The van der Waals surface area contributed by atoms with Crippen LogP contribution in [0.5, 0.6) is 0 Å². The van der Waals surface area contributed by atoms with Crippen molar-refractivity contribution in [2.75, 3.05) is 0 Å². The van der Waals surface area contributed by atoms with Gasteiger partial charge in [-0.3, -0.25) is 14.3 Å². The first-order valence-corrected chi connectivity index (χ1v) is 6.30. The van der Waals surface area contributed by atoms with Crippen LogP contribution < -0.4 is 11.2 Å². The van der Waals surface area contributed by atoms with Crippen molar-refractivity contribution in [3.05, 3.63) is 49.6 Å². The summed E-state index contributed by atoms with van der Waals surface area (Å²) < 4.78 is 1.29. The third-order valence-electron chi connectivity index (χ3n) is 3.20. The Morgan fingerprint density at radius 2 is 2.00 bits per heavy atom. The monoisotopic (exact) mass is 290 g/mol. The number of benzene rings is 1. The molecule has 0 aliphatic rings. The van der Waals surface area contributed by atoms with Crippen LogP contribution in [0.15, 0.2) is 27.8 Å². The summed E-state index contributed by atoms with van der Waals surface area (Å²) in [5, 5.41) is 0.632. The van der Waals surface area contributed by atoms with E-state index in [1.165, 1.54) is 4.57 Å². The molecule has 7 heteroatoms. The SMILES string of the molecule is Cc1cc(Cl)ccc1-c1nc2c([nH]1)c(=O)[nH]c(=O)n2C. The van der Waals surface area contributed by atoms with Crippen LogP contribution >= 0.6 is 11.6 Å². The highest BCUT2D eigenvalue weighted by atomic mass is 35.5. The van der Waals surface area contributed by atoms with Gasteiger partial charge in [-0.15, -0.1) is 0 Å². The van der Waals surface area contributed by atoms with Gasteiger partial charge in [-0.1, -0.05) is 11.6 Å². The molecule has 0 aliphatic carbocycles. The molecule has 20 heavy (non-hydrogen) atoms. The maximum Gasteiger partial charge on any atom is 0.329 e. The quantitative estimate of drug-likeness (QED) is 0.714. The van der Waals surface area contributed by atoms with Crippen LogP contribution in [0.4, 0.5) is 0 Å². The fourth-order valence-corrected chi connectivity index (χ4v) is 2.35. The van der Waals surface area contributed by atoms with E-state index in [4.69, 9.17) is 11.6 Å². The number of fused-ring (bicyclic) bond motifs is 1. The lowest BCUT2D eigenvalue weighted by Gasteiger charge is -2.02. The van der Waals surface area contributed by atoms with E-state index in [9.17, 15) is 9.59 Å². The van der Waals surface area contributed by atoms with Crippen LogP contribution in [0.2, 0.25) is 5.02 Å². The number of aryl methyl sites for hydroxylation is 2. The van der Waals surface area contributed by atoms with Crippen molar-refractivity contribution in [2.45, 2.75) is 6.92 Å². The van der Waals surface area contributed by atoms with Gasteiger partial charge in [-0.25, -0.2) is 9.78 Å². The number of hydrogen-bond acceptors (Lipinski definition) is 3. The second-order valence-corrected chi connectivity index (χ2v) is 5.00. The number of aromatic amines is 2. The molecule has 0 amide bonds. The zero-order valence-corrected chi connectivity index (χ0v) is 11.6. The van der Waals surface area contributed by atoms with E-state index in [0.717, 1.165) is 11.1 Å². The number of imidazole rings is 1. The van der Waals surface area contributed by atoms with Gasteiger partial charge in [0.2, 0.25) is 0 Å². The van der Waals surface area contributed by atoms with Gasteiger partial charge >= 0.3 is 5.69 Å². The van der Waals surface area contributed by atoms with E-state index in [2.05, 4.69) is 15.0 Å². The van der Waals surface area contributed by atoms with Crippen LogP contribution in [-0.4, -0.2) is 19.5 Å². The first kappa shape index (κ1) is 12.7. The number of nitrogens with zero attached hydrogens (tertiary/aromatic N) is 2. The van der Waals surface area contributed by atoms with Gasteiger partial charge in [0.1, 0.15) is 11.3 Å². The molecule has 0 atom stereocenters. The molecule has 0 fully saturated rings. The average Bonchev–Trinajstić information content (AvgIpc) is 2.81. The number of hydrogen-bond donors (Lipinski definition) is 2. The van der Waals surface area contributed by atoms with Crippen molar-refractivity contribution in [3.8, 4) is 11.4 Å². The summed E-state index contributed by atoms with van der Waals surface area (Å²) >= 11 is 5.92. The zero-order chi connectivity index (χ0) is 14.4. The first-order valence-electron chi connectivity index (χ1n) is 5.93. The lowest BCUT2D eigenvalue weighted by Crippen LogP contribution is -2.28. The number of halogens is 1. The second kappa shape index (κ2) is 4.35. The van der Waals surface area contributed by atoms with Crippen molar-refractivity contribution in [2.24, 2.45) is 7.05 Å². The Morgan fingerprint density at radius 1 is 1.25 bits per heavy atom. The summed E-state index contributed by atoms with van der Waals surface area (Å²) in [6, 6.07) is 5.38. The molecule has 0 saturated carbocycles. The Balaban J connectivity index is 2.34.